The van der Waals surface area contributed by atoms with E-state index in [1.54, 1.807) is 0 Å². The first-order valence-corrected chi connectivity index (χ1v) is 3.82. The number of carbonyl (C=O) groups excluding carboxylic acids is 1. The van der Waals surface area contributed by atoms with Crippen molar-refractivity contribution in [3.05, 3.63) is 17.6 Å². The van der Waals surface area contributed by atoms with E-state index in [1.807, 2.05) is 0 Å². The molecule has 0 unspecified atom stereocenters. The Hall–Kier alpha value is -1.69. The third-order valence-electron chi connectivity index (χ3n) is 1.56. The van der Waals surface area contributed by atoms with Crippen molar-refractivity contribution in [3.8, 4) is 5.88 Å². The molecule has 0 spiro atoms. The van der Waals surface area contributed by atoms with Crippen molar-refractivity contribution in [2.24, 2.45) is 0 Å². The predicted octanol–water partition coefficient (Wildman–Crippen LogP) is -0.236. The fourth-order valence-corrected chi connectivity index (χ4v) is 0.866. The van der Waals surface area contributed by atoms with Crippen LogP contribution in [0.4, 0.5) is 0 Å². The molecule has 0 amide bonds. The van der Waals surface area contributed by atoms with Crippen LogP contribution in [0.3, 0.4) is 0 Å². The lowest BCUT2D eigenvalue weighted by Crippen LogP contribution is -2.09. The minimum atomic E-state index is -0.646. The maximum Gasteiger partial charge on any atom is 0.376 e. The highest BCUT2D eigenvalue weighted by Gasteiger charge is 2.13. The molecular weight excluding hydrogens is 188 g/mol. The molecule has 6 nitrogen and oxygen atoms in total. The average molecular weight is 198 g/mol. The lowest BCUT2D eigenvalue weighted by molar-refractivity contribution is 0.0585. The van der Waals surface area contributed by atoms with Crippen molar-refractivity contribution in [2.75, 3.05) is 14.2 Å². The number of aromatic nitrogens is 2. The van der Waals surface area contributed by atoms with Gasteiger partial charge in [-0.05, 0) is 0 Å². The quantitative estimate of drug-likeness (QED) is 0.675. The first-order chi connectivity index (χ1) is 6.72. The van der Waals surface area contributed by atoms with E-state index in [0.717, 1.165) is 0 Å². The van der Waals surface area contributed by atoms with Gasteiger partial charge in [0.1, 0.15) is 0 Å². The fourth-order valence-electron chi connectivity index (χ4n) is 0.866. The number of aliphatic hydroxyl groups excluding tert-OH is 1. The molecule has 14 heavy (non-hydrogen) atoms. The number of methoxy groups -OCH3 is 2. The highest BCUT2D eigenvalue weighted by atomic mass is 16.5. The zero-order valence-electron chi connectivity index (χ0n) is 7.85. The number of rotatable bonds is 3. The maximum atomic E-state index is 11.0. The van der Waals surface area contributed by atoms with E-state index in [1.165, 1.54) is 20.4 Å². The van der Waals surface area contributed by atoms with E-state index in [9.17, 15) is 4.79 Å². The Bertz CT molecular complexity index is 340. The predicted molar refractivity (Wildman–Crippen MR) is 45.8 cm³/mol. The van der Waals surface area contributed by atoms with E-state index in [4.69, 9.17) is 9.84 Å². The molecule has 0 saturated heterocycles. The van der Waals surface area contributed by atoms with Crippen molar-refractivity contribution in [3.63, 3.8) is 0 Å². The molecular formula is C8H10N2O4. The highest BCUT2D eigenvalue weighted by Crippen LogP contribution is 2.13. The molecule has 0 bridgehead atoms. The SMILES string of the molecule is COC(=O)c1ncc(CO)c(OC)n1. The van der Waals surface area contributed by atoms with Crippen LogP contribution in [0.15, 0.2) is 6.20 Å². The number of hydrogen-bond donors (Lipinski definition) is 1. The fraction of sp³-hybridized carbons (Fsp3) is 0.375. The summed E-state index contributed by atoms with van der Waals surface area (Å²) in [6.07, 6.45) is 1.32. The molecule has 0 aliphatic heterocycles. The van der Waals surface area contributed by atoms with Gasteiger partial charge in [-0.3, -0.25) is 0 Å². The van der Waals surface area contributed by atoms with E-state index >= 15 is 0 Å². The van der Waals surface area contributed by atoms with Crippen LogP contribution < -0.4 is 4.74 Å². The number of nitrogens with zero attached hydrogens (tertiary/aromatic N) is 2. The summed E-state index contributed by atoms with van der Waals surface area (Å²) in [4.78, 5) is 18.5. The van der Waals surface area contributed by atoms with Crippen molar-refractivity contribution in [1.82, 2.24) is 9.97 Å². The topological polar surface area (TPSA) is 81.5 Å². The summed E-state index contributed by atoms with van der Waals surface area (Å²) < 4.78 is 9.28. The molecule has 1 rings (SSSR count). The van der Waals surface area contributed by atoms with E-state index in [2.05, 4.69) is 14.7 Å². The zero-order valence-corrected chi connectivity index (χ0v) is 7.85. The minimum absolute atomic E-state index is 0.0958. The molecule has 1 heterocycles. The second-order valence-electron chi connectivity index (χ2n) is 2.38. The van der Waals surface area contributed by atoms with Crippen molar-refractivity contribution in [2.45, 2.75) is 6.61 Å². The van der Waals surface area contributed by atoms with Gasteiger partial charge < -0.3 is 14.6 Å². The smallest absolute Gasteiger partial charge is 0.376 e. The summed E-state index contributed by atoms with van der Waals surface area (Å²) in [6.45, 7) is -0.245. The van der Waals surface area contributed by atoms with Crippen molar-refractivity contribution < 1.29 is 19.4 Å². The lowest BCUT2D eigenvalue weighted by atomic mass is 10.3. The summed E-state index contributed by atoms with van der Waals surface area (Å²) in [7, 11) is 2.63. The molecule has 1 aromatic heterocycles. The van der Waals surface area contributed by atoms with Gasteiger partial charge in [-0.15, -0.1) is 0 Å². The van der Waals surface area contributed by atoms with Gasteiger partial charge in [0.2, 0.25) is 11.7 Å². The molecule has 0 radical (unpaired) electrons. The third-order valence-corrected chi connectivity index (χ3v) is 1.56. The van der Waals surface area contributed by atoms with Crippen LogP contribution in [0, 0.1) is 0 Å². The Kier molecular flexibility index (Phi) is 3.35. The van der Waals surface area contributed by atoms with Crippen LogP contribution in [0.1, 0.15) is 16.2 Å². The van der Waals surface area contributed by atoms with Gasteiger partial charge in [-0.1, -0.05) is 0 Å². The summed E-state index contributed by atoms with van der Waals surface area (Å²) in [5.41, 5.74) is 0.417. The number of carbonyl (C=O) groups is 1. The normalized spacial score (nSPS) is 9.64. The lowest BCUT2D eigenvalue weighted by Gasteiger charge is -2.05. The van der Waals surface area contributed by atoms with Crippen LogP contribution >= 0.6 is 0 Å². The molecule has 0 aliphatic rings. The molecule has 0 atom stereocenters. The van der Waals surface area contributed by atoms with Crippen molar-refractivity contribution in [1.29, 1.82) is 0 Å². The molecule has 0 saturated carbocycles. The summed E-state index contributed by atoms with van der Waals surface area (Å²) >= 11 is 0. The van der Waals surface area contributed by atoms with Gasteiger partial charge in [-0.2, -0.15) is 4.98 Å². The number of hydrogen-bond acceptors (Lipinski definition) is 6. The van der Waals surface area contributed by atoms with Gasteiger partial charge in [0, 0.05) is 6.20 Å². The van der Waals surface area contributed by atoms with Crippen LogP contribution in [0.25, 0.3) is 0 Å². The average Bonchev–Trinajstić information content (AvgIpc) is 2.26. The molecule has 0 aliphatic carbocycles. The molecule has 1 N–H and O–H groups in total. The van der Waals surface area contributed by atoms with Gasteiger partial charge in [-0.25, -0.2) is 9.78 Å². The van der Waals surface area contributed by atoms with Gasteiger partial charge in [0.15, 0.2) is 0 Å². The van der Waals surface area contributed by atoms with E-state index < -0.39 is 5.97 Å². The minimum Gasteiger partial charge on any atom is -0.481 e. The Morgan fingerprint density at radius 2 is 2.29 bits per heavy atom. The Balaban J connectivity index is 3.07. The molecule has 0 aromatic carbocycles. The largest absolute Gasteiger partial charge is 0.481 e. The Morgan fingerprint density at radius 3 is 2.79 bits per heavy atom. The van der Waals surface area contributed by atoms with Crippen LogP contribution in [-0.2, 0) is 11.3 Å². The Morgan fingerprint density at radius 1 is 1.57 bits per heavy atom. The second kappa shape index (κ2) is 4.52. The van der Waals surface area contributed by atoms with Crippen molar-refractivity contribution >= 4 is 5.97 Å². The Labute approximate surface area is 80.5 Å². The van der Waals surface area contributed by atoms with Gasteiger partial charge in [0.25, 0.3) is 0 Å². The monoisotopic (exact) mass is 198 g/mol. The molecule has 1 aromatic rings. The first kappa shape index (κ1) is 10.4. The number of esters is 1. The van der Waals surface area contributed by atoms with Crippen LogP contribution in [0.5, 0.6) is 5.88 Å². The highest BCUT2D eigenvalue weighted by molar-refractivity contribution is 5.85. The molecule has 6 heteroatoms. The maximum absolute atomic E-state index is 11.0. The van der Waals surface area contributed by atoms with E-state index in [0.29, 0.717) is 5.56 Å². The number of aliphatic hydroxyl groups is 1. The van der Waals surface area contributed by atoms with Crippen LogP contribution in [-0.4, -0.2) is 35.3 Å². The van der Waals surface area contributed by atoms with Crippen LogP contribution in [0.2, 0.25) is 0 Å². The zero-order chi connectivity index (χ0) is 10.6. The third kappa shape index (κ3) is 1.97. The second-order valence-corrected chi connectivity index (χ2v) is 2.38. The number of ether oxygens (including phenoxy) is 2. The van der Waals surface area contributed by atoms with E-state index in [-0.39, 0.29) is 18.3 Å². The molecule has 0 fully saturated rings. The standard InChI is InChI=1S/C8H10N2O4/c1-13-7-5(4-11)3-9-6(10-7)8(12)14-2/h3,11H,4H2,1-2H3. The van der Waals surface area contributed by atoms with Gasteiger partial charge >= 0.3 is 5.97 Å². The summed E-state index contributed by atoms with van der Waals surface area (Å²) in [6, 6.07) is 0. The first-order valence-electron chi connectivity index (χ1n) is 3.82. The van der Waals surface area contributed by atoms with Gasteiger partial charge in [0.05, 0.1) is 26.4 Å². The summed E-state index contributed by atoms with van der Waals surface area (Å²) in [5.74, 6) is -0.572. The molecule has 76 valence electrons. The summed E-state index contributed by atoms with van der Waals surface area (Å²) in [5, 5.41) is 8.86.